The van der Waals surface area contributed by atoms with E-state index in [4.69, 9.17) is 4.74 Å². The van der Waals surface area contributed by atoms with E-state index in [1.165, 1.54) is 11.1 Å². The third-order valence-electron chi connectivity index (χ3n) is 4.25. The van der Waals surface area contributed by atoms with E-state index in [9.17, 15) is 9.90 Å². The number of hydrogen-bond donors (Lipinski definition) is 2. The zero-order valence-electron chi connectivity index (χ0n) is 10.9. The normalized spacial score (nSPS) is 25.1. The minimum Gasteiger partial charge on any atom is -0.493 e. The Hall–Kier alpha value is -1.55. The SMILES string of the molecule is O=C(O)C1(CCc2ccc3c(c2)CCO3)CCCN1. The van der Waals surface area contributed by atoms with Gasteiger partial charge in [0.1, 0.15) is 11.3 Å². The van der Waals surface area contributed by atoms with E-state index in [0.717, 1.165) is 44.6 Å². The molecule has 3 rings (SSSR count). The zero-order chi connectivity index (χ0) is 13.3. The van der Waals surface area contributed by atoms with Gasteiger partial charge < -0.3 is 15.2 Å². The summed E-state index contributed by atoms with van der Waals surface area (Å²) in [4.78, 5) is 11.4. The van der Waals surface area contributed by atoms with Crippen molar-refractivity contribution in [2.45, 2.75) is 37.6 Å². The van der Waals surface area contributed by atoms with Gasteiger partial charge in [0.15, 0.2) is 0 Å². The first kappa shape index (κ1) is 12.5. The number of benzene rings is 1. The Labute approximate surface area is 112 Å². The van der Waals surface area contributed by atoms with Crippen molar-refractivity contribution >= 4 is 5.97 Å². The van der Waals surface area contributed by atoms with Crippen LogP contribution in [-0.2, 0) is 17.6 Å². The van der Waals surface area contributed by atoms with E-state index in [2.05, 4.69) is 17.4 Å². The molecule has 102 valence electrons. The Kier molecular flexibility index (Phi) is 3.19. The fraction of sp³-hybridized carbons (Fsp3) is 0.533. The molecule has 2 aliphatic heterocycles. The summed E-state index contributed by atoms with van der Waals surface area (Å²) in [6.07, 6.45) is 4.10. The number of ether oxygens (including phenoxy) is 1. The predicted molar refractivity (Wildman–Crippen MR) is 71.6 cm³/mol. The number of carboxylic acid groups (broad SMARTS) is 1. The number of carboxylic acids is 1. The van der Waals surface area contributed by atoms with Crippen LogP contribution < -0.4 is 10.1 Å². The van der Waals surface area contributed by atoms with Gasteiger partial charge in [-0.1, -0.05) is 12.1 Å². The fourth-order valence-corrected chi connectivity index (χ4v) is 3.06. The van der Waals surface area contributed by atoms with Crippen molar-refractivity contribution in [3.63, 3.8) is 0 Å². The Morgan fingerprint density at radius 1 is 1.47 bits per heavy atom. The van der Waals surface area contributed by atoms with Crippen LogP contribution >= 0.6 is 0 Å². The van der Waals surface area contributed by atoms with E-state index < -0.39 is 11.5 Å². The summed E-state index contributed by atoms with van der Waals surface area (Å²) >= 11 is 0. The minimum atomic E-state index is -0.713. The van der Waals surface area contributed by atoms with E-state index in [0.29, 0.717) is 6.42 Å². The molecule has 2 aliphatic rings. The average molecular weight is 261 g/mol. The summed E-state index contributed by atoms with van der Waals surface area (Å²) in [5.74, 6) is 0.269. The van der Waals surface area contributed by atoms with Crippen LogP contribution in [0.2, 0.25) is 0 Å². The van der Waals surface area contributed by atoms with Gasteiger partial charge in [-0.2, -0.15) is 0 Å². The number of nitrogens with one attached hydrogen (secondary N) is 1. The maximum atomic E-state index is 11.4. The van der Waals surface area contributed by atoms with Crippen LogP contribution in [0.1, 0.15) is 30.4 Å². The molecule has 0 aromatic heterocycles. The molecule has 2 heterocycles. The summed E-state index contributed by atoms with van der Waals surface area (Å²) < 4.78 is 5.48. The number of aryl methyl sites for hydroxylation is 1. The quantitative estimate of drug-likeness (QED) is 0.867. The fourth-order valence-electron chi connectivity index (χ4n) is 3.06. The van der Waals surface area contributed by atoms with Gasteiger partial charge in [-0.25, -0.2) is 0 Å². The number of carbonyl (C=O) groups is 1. The molecule has 1 unspecified atom stereocenters. The molecular weight excluding hydrogens is 242 g/mol. The van der Waals surface area contributed by atoms with Crippen molar-refractivity contribution < 1.29 is 14.6 Å². The summed E-state index contributed by atoms with van der Waals surface area (Å²) in [6, 6.07) is 6.22. The summed E-state index contributed by atoms with van der Waals surface area (Å²) in [6.45, 7) is 1.57. The molecule has 1 fully saturated rings. The Bertz CT molecular complexity index is 492. The van der Waals surface area contributed by atoms with Gasteiger partial charge in [-0.15, -0.1) is 0 Å². The molecular formula is C15H19NO3. The van der Waals surface area contributed by atoms with E-state index in [1.807, 2.05) is 6.07 Å². The molecule has 1 atom stereocenters. The van der Waals surface area contributed by atoms with Gasteiger partial charge >= 0.3 is 5.97 Å². The first-order valence-corrected chi connectivity index (χ1v) is 6.93. The number of rotatable bonds is 4. The highest BCUT2D eigenvalue weighted by molar-refractivity contribution is 5.79. The van der Waals surface area contributed by atoms with Crippen molar-refractivity contribution in [2.75, 3.05) is 13.2 Å². The summed E-state index contributed by atoms with van der Waals surface area (Å²) in [7, 11) is 0. The molecule has 4 nitrogen and oxygen atoms in total. The number of hydrogen-bond acceptors (Lipinski definition) is 3. The van der Waals surface area contributed by atoms with Gasteiger partial charge in [-0.3, -0.25) is 4.79 Å². The largest absolute Gasteiger partial charge is 0.493 e. The molecule has 0 spiro atoms. The van der Waals surface area contributed by atoms with Crippen LogP contribution in [0.3, 0.4) is 0 Å². The molecule has 0 saturated carbocycles. The lowest BCUT2D eigenvalue weighted by molar-refractivity contribution is -0.144. The monoisotopic (exact) mass is 261 g/mol. The summed E-state index contributed by atoms with van der Waals surface area (Å²) in [5.41, 5.74) is 1.75. The second kappa shape index (κ2) is 4.85. The molecule has 0 radical (unpaired) electrons. The maximum Gasteiger partial charge on any atom is 0.323 e. The third-order valence-corrected chi connectivity index (χ3v) is 4.25. The third kappa shape index (κ3) is 2.32. The van der Waals surface area contributed by atoms with E-state index in [1.54, 1.807) is 0 Å². The molecule has 2 N–H and O–H groups in total. The van der Waals surface area contributed by atoms with Crippen LogP contribution in [0.5, 0.6) is 5.75 Å². The van der Waals surface area contributed by atoms with Gasteiger partial charge in [0, 0.05) is 6.42 Å². The minimum absolute atomic E-state index is 0.655. The average Bonchev–Trinajstić information content (AvgIpc) is 3.05. The Morgan fingerprint density at radius 3 is 3.11 bits per heavy atom. The van der Waals surface area contributed by atoms with Crippen molar-refractivity contribution in [1.29, 1.82) is 0 Å². The van der Waals surface area contributed by atoms with Gasteiger partial charge in [-0.05, 0) is 49.4 Å². The lowest BCUT2D eigenvalue weighted by atomic mass is 9.89. The van der Waals surface area contributed by atoms with Crippen LogP contribution in [0.15, 0.2) is 18.2 Å². The van der Waals surface area contributed by atoms with Crippen molar-refractivity contribution in [2.24, 2.45) is 0 Å². The van der Waals surface area contributed by atoms with Crippen LogP contribution in [0, 0.1) is 0 Å². The van der Waals surface area contributed by atoms with Crippen LogP contribution in [-0.4, -0.2) is 29.8 Å². The zero-order valence-corrected chi connectivity index (χ0v) is 10.9. The van der Waals surface area contributed by atoms with Gasteiger partial charge in [0.2, 0.25) is 0 Å². The number of fused-ring (bicyclic) bond motifs is 1. The highest BCUT2D eigenvalue weighted by Gasteiger charge is 2.40. The van der Waals surface area contributed by atoms with Gasteiger partial charge in [0.05, 0.1) is 6.61 Å². The standard InChI is InChI=1S/C15H19NO3/c17-14(18)15(6-1-8-16-15)7-4-11-2-3-13-12(10-11)5-9-19-13/h2-3,10,16H,1,4-9H2,(H,17,18). The molecule has 1 aromatic carbocycles. The predicted octanol–water partition coefficient (Wildman–Crippen LogP) is 1.76. The Balaban J connectivity index is 1.70. The molecule has 0 aliphatic carbocycles. The second-order valence-corrected chi connectivity index (χ2v) is 5.46. The first-order valence-electron chi connectivity index (χ1n) is 6.93. The van der Waals surface area contributed by atoms with Crippen molar-refractivity contribution in [3.05, 3.63) is 29.3 Å². The van der Waals surface area contributed by atoms with Crippen molar-refractivity contribution in [3.8, 4) is 5.75 Å². The van der Waals surface area contributed by atoms with E-state index in [-0.39, 0.29) is 0 Å². The van der Waals surface area contributed by atoms with Gasteiger partial charge in [0.25, 0.3) is 0 Å². The molecule has 1 saturated heterocycles. The second-order valence-electron chi connectivity index (χ2n) is 5.46. The molecule has 19 heavy (non-hydrogen) atoms. The van der Waals surface area contributed by atoms with Crippen LogP contribution in [0.4, 0.5) is 0 Å². The lowest BCUT2D eigenvalue weighted by Gasteiger charge is -2.24. The van der Waals surface area contributed by atoms with Crippen molar-refractivity contribution in [1.82, 2.24) is 5.32 Å². The maximum absolute atomic E-state index is 11.4. The molecule has 0 bridgehead atoms. The van der Waals surface area contributed by atoms with E-state index >= 15 is 0 Å². The smallest absolute Gasteiger partial charge is 0.323 e. The topological polar surface area (TPSA) is 58.6 Å². The Morgan fingerprint density at radius 2 is 2.37 bits per heavy atom. The molecule has 1 aromatic rings. The molecule has 4 heteroatoms. The highest BCUT2D eigenvalue weighted by Crippen LogP contribution is 2.29. The lowest BCUT2D eigenvalue weighted by Crippen LogP contribution is -2.47. The highest BCUT2D eigenvalue weighted by atomic mass is 16.5. The summed E-state index contributed by atoms with van der Waals surface area (Å²) in [5, 5.41) is 12.6. The number of aliphatic carboxylic acids is 1. The van der Waals surface area contributed by atoms with Crippen LogP contribution in [0.25, 0.3) is 0 Å². The molecule has 0 amide bonds. The first-order chi connectivity index (χ1) is 9.20.